The molecule has 3 aromatic rings. The predicted molar refractivity (Wildman–Crippen MR) is 108 cm³/mol. The maximum absolute atomic E-state index is 12.7. The lowest BCUT2D eigenvalue weighted by atomic mass is 9.98. The number of rotatable bonds is 3. The van der Waals surface area contributed by atoms with Gasteiger partial charge in [0.2, 0.25) is 0 Å². The molecule has 3 amide bonds. The van der Waals surface area contributed by atoms with Crippen LogP contribution in [0.3, 0.4) is 0 Å². The zero-order chi connectivity index (χ0) is 19.6. The number of carbonyl (C=O) groups is 2. The molecule has 27 heavy (non-hydrogen) atoms. The van der Waals surface area contributed by atoms with Gasteiger partial charge in [-0.25, -0.2) is 0 Å². The highest BCUT2D eigenvalue weighted by molar-refractivity contribution is 6.10. The van der Waals surface area contributed by atoms with E-state index in [1.165, 1.54) is 5.56 Å². The van der Waals surface area contributed by atoms with Gasteiger partial charge in [0.25, 0.3) is 5.91 Å². The van der Waals surface area contributed by atoms with E-state index in [0.29, 0.717) is 11.3 Å². The second-order valence-electron chi connectivity index (χ2n) is 6.57. The van der Waals surface area contributed by atoms with Gasteiger partial charge in [0, 0.05) is 16.6 Å². The van der Waals surface area contributed by atoms with Crippen molar-refractivity contribution in [3.8, 4) is 0 Å². The minimum atomic E-state index is -0.760. The first-order valence-corrected chi connectivity index (χ1v) is 8.49. The van der Waals surface area contributed by atoms with E-state index in [-0.39, 0.29) is 5.91 Å². The Hall–Kier alpha value is -3.65. The summed E-state index contributed by atoms with van der Waals surface area (Å²) < 4.78 is 0. The molecule has 0 fully saturated rings. The van der Waals surface area contributed by atoms with Crippen LogP contribution < -0.4 is 10.6 Å². The summed E-state index contributed by atoms with van der Waals surface area (Å²) in [5.41, 5.74) is 5.07. The number of aryl methyl sites for hydroxylation is 3. The van der Waals surface area contributed by atoms with E-state index >= 15 is 0 Å². The number of hydrogen-bond acceptors (Lipinski definition) is 2. The van der Waals surface area contributed by atoms with Crippen molar-refractivity contribution in [2.75, 3.05) is 10.6 Å². The zero-order valence-electron chi connectivity index (χ0n) is 15.4. The third-order valence-corrected chi connectivity index (χ3v) is 4.28. The summed E-state index contributed by atoms with van der Waals surface area (Å²) in [5, 5.41) is 7.55. The van der Waals surface area contributed by atoms with Crippen molar-refractivity contribution in [2.24, 2.45) is 0 Å². The van der Waals surface area contributed by atoms with Crippen molar-refractivity contribution in [3.63, 3.8) is 0 Å². The van der Waals surface area contributed by atoms with Crippen molar-refractivity contribution in [3.05, 3.63) is 82.2 Å². The summed E-state index contributed by atoms with van der Waals surface area (Å²) in [4.78, 5) is 26.6. The van der Waals surface area contributed by atoms with E-state index < -0.39 is 6.03 Å². The molecule has 0 radical (unpaired) electrons. The lowest BCUT2D eigenvalue weighted by Gasteiger charge is -2.13. The first kappa shape index (κ1) is 18.2. The maximum atomic E-state index is 12.7. The van der Waals surface area contributed by atoms with Crippen LogP contribution >= 0.6 is 0 Å². The number of amides is 3. The van der Waals surface area contributed by atoms with Gasteiger partial charge in [-0.1, -0.05) is 30.3 Å². The highest BCUT2D eigenvalue weighted by Gasteiger charge is 2.12. The molecule has 0 saturated heterocycles. The molecule has 0 aliphatic heterocycles. The number of hydrogen-bond donors (Lipinski definition) is 2. The van der Waals surface area contributed by atoms with Crippen LogP contribution in [-0.4, -0.2) is 11.9 Å². The van der Waals surface area contributed by atoms with Gasteiger partial charge in [-0.3, -0.25) is 14.9 Å². The molecule has 0 aliphatic rings. The van der Waals surface area contributed by atoms with Crippen LogP contribution in [0.4, 0.5) is 16.2 Å². The molecule has 5 heteroatoms. The summed E-state index contributed by atoms with van der Waals surface area (Å²) in [5.74, 6) is -0.232. The third-order valence-electron chi connectivity index (χ3n) is 4.28. The third kappa shape index (κ3) is 3.96. The van der Waals surface area contributed by atoms with Crippen LogP contribution in [0.5, 0.6) is 0 Å². The fourth-order valence-corrected chi connectivity index (χ4v) is 3.22. The molecule has 0 bridgehead atoms. The highest BCUT2D eigenvalue weighted by Crippen LogP contribution is 2.30. The second-order valence-corrected chi connectivity index (χ2v) is 6.57. The molecule has 0 aliphatic carbocycles. The summed E-state index contributed by atoms with van der Waals surface area (Å²) in [6, 6.07) is 14.0. The van der Waals surface area contributed by atoms with Gasteiger partial charge in [0.1, 0.15) is 5.69 Å². The molecule has 0 saturated carbocycles. The fraction of sp³-hybridized carbons (Fsp3) is 0.136. The molecule has 3 rings (SSSR count). The fourth-order valence-electron chi connectivity index (χ4n) is 3.22. The van der Waals surface area contributed by atoms with E-state index in [9.17, 15) is 9.59 Å². The van der Waals surface area contributed by atoms with Crippen LogP contribution in [0, 0.1) is 27.3 Å². The lowest BCUT2D eigenvalue weighted by molar-refractivity contribution is 0.102. The van der Waals surface area contributed by atoms with Crippen molar-refractivity contribution < 1.29 is 9.59 Å². The minimum absolute atomic E-state index is 0.232. The minimum Gasteiger partial charge on any atom is -0.328 e. The number of carbonyl (C=O) groups excluding carboxylic acids is 2. The number of nitrogens with zero attached hydrogens (tertiary/aromatic N) is 1. The Kier molecular flexibility index (Phi) is 4.91. The number of urea groups is 1. The van der Waals surface area contributed by atoms with Crippen molar-refractivity contribution in [1.29, 1.82) is 0 Å². The van der Waals surface area contributed by atoms with Crippen LogP contribution in [0.15, 0.2) is 48.5 Å². The smallest absolute Gasteiger partial charge is 0.328 e. The topological polar surface area (TPSA) is 62.6 Å². The molecule has 3 aromatic carbocycles. The lowest BCUT2D eigenvalue weighted by Crippen LogP contribution is -2.13. The maximum Gasteiger partial charge on any atom is 0.441 e. The van der Waals surface area contributed by atoms with Crippen molar-refractivity contribution >= 4 is 34.1 Å². The number of anilines is 2. The van der Waals surface area contributed by atoms with Gasteiger partial charge in [0.15, 0.2) is 0 Å². The first-order valence-electron chi connectivity index (χ1n) is 8.49. The van der Waals surface area contributed by atoms with Crippen molar-refractivity contribution in [2.45, 2.75) is 20.8 Å². The molecular formula is C22H19N3O2. The number of nitrogens with one attached hydrogen (secondary N) is 2. The summed E-state index contributed by atoms with van der Waals surface area (Å²) in [7, 11) is 0. The molecule has 134 valence electrons. The number of benzene rings is 3. The van der Waals surface area contributed by atoms with Crippen molar-refractivity contribution in [1.82, 2.24) is 0 Å². The molecule has 0 unspecified atom stereocenters. The molecule has 0 atom stereocenters. The Morgan fingerprint density at radius 2 is 1.52 bits per heavy atom. The van der Waals surface area contributed by atoms with Gasteiger partial charge in [0.05, 0.1) is 0 Å². The zero-order valence-corrected chi connectivity index (χ0v) is 15.4. The largest absolute Gasteiger partial charge is 0.441 e. The van der Waals surface area contributed by atoms with Gasteiger partial charge >= 0.3 is 6.03 Å². The Morgan fingerprint density at radius 1 is 0.889 bits per heavy atom. The van der Waals surface area contributed by atoms with E-state index in [2.05, 4.69) is 40.6 Å². The monoisotopic (exact) mass is 357 g/mol. The van der Waals surface area contributed by atoms with Crippen LogP contribution in [0.25, 0.3) is 15.6 Å². The average Bonchev–Trinajstić information content (AvgIpc) is 2.61. The average molecular weight is 357 g/mol. The van der Waals surface area contributed by atoms with E-state index in [0.717, 1.165) is 27.6 Å². The summed E-state index contributed by atoms with van der Waals surface area (Å²) >= 11 is 0. The Bertz CT molecular complexity index is 1090. The normalized spacial score (nSPS) is 10.3. The Labute approximate surface area is 157 Å². The van der Waals surface area contributed by atoms with Crippen LogP contribution in [0.1, 0.15) is 27.0 Å². The van der Waals surface area contributed by atoms with E-state index in [1.54, 1.807) is 24.3 Å². The van der Waals surface area contributed by atoms with E-state index in [1.807, 2.05) is 19.9 Å². The van der Waals surface area contributed by atoms with Gasteiger partial charge in [-0.05, 0) is 67.6 Å². The van der Waals surface area contributed by atoms with E-state index in [4.69, 9.17) is 6.57 Å². The Balaban J connectivity index is 1.90. The van der Waals surface area contributed by atoms with Crippen LogP contribution in [-0.2, 0) is 0 Å². The molecule has 0 heterocycles. The SMILES string of the molecule is [C-]#[N+]C(=O)Nc1ccc(C(=O)Nc2cc(C)cc3cc(C)cc(C)c23)cc1. The molecule has 0 aromatic heterocycles. The van der Waals surface area contributed by atoms with Gasteiger partial charge in [-0.15, -0.1) is 0 Å². The summed E-state index contributed by atoms with van der Waals surface area (Å²) in [6.45, 7) is 12.8. The van der Waals surface area contributed by atoms with Gasteiger partial charge in [-0.2, -0.15) is 0 Å². The molecule has 5 nitrogen and oxygen atoms in total. The van der Waals surface area contributed by atoms with Gasteiger partial charge < -0.3 is 10.2 Å². The molecular weight excluding hydrogens is 338 g/mol. The molecule has 0 spiro atoms. The Morgan fingerprint density at radius 3 is 2.15 bits per heavy atom. The molecule has 2 N–H and O–H groups in total. The standard InChI is InChI=1S/C22H19N3O2/c1-13-9-15(3)20-17(10-13)11-14(2)12-19(20)25-21(26)16-5-7-18(8-6-16)24-22(27)23-4/h5-12H,1-3H3,(H,24,27)(H,25,26). The second kappa shape index (κ2) is 7.30. The van der Waals surface area contributed by atoms with Crippen LogP contribution in [0.2, 0.25) is 0 Å². The quantitative estimate of drug-likeness (QED) is 0.611. The predicted octanol–water partition coefficient (Wildman–Crippen LogP) is 5.47. The number of fused-ring (bicyclic) bond motifs is 1. The summed E-state index contributed by atoms with van der Waals surface area (Å²) in [6.07, 6.45) is 0. The first-order chi connectivity index (χ1) is 12.9. The highest BCUT2D eigenvalue weighted by atomic mass is 16.2.